The zero-order valence-electron chi connectivity index (χ0n) is 16.9. The Labute approximate surface area is 182 Å². The fourth-order valence-electron chi connectivity index (χ4n) is 4.77. The summed E-state index contributed by atoms with van der Waals surface area (Å²) in [6, 6.07) is 14.0. The highest BCUT2D eigenvalue weighted by Crippen LogP contribution is 2.63. The number of allylic oxidation sites excluding steroid dienone is 2. The lowest BCUT2D eigenvalue weighted by Crippen LogP contribution is -2.51. The van der Waals surface area contributed by atoms with Crippen LogP contribution in [0.25, 0.3) is 6.08 Å². The van der Waals surface area contributed by atoms with Gasteiger partial charge in [0.25, 0.3) is 11.4 Å². The molecule has 9 heteroatoms. The normalized spacial score (nSPS) is 23.1. The van der Waals surface area contributed by atoms with Crippen molar-refractivity contribution in [2.45, 2.75) is 25.2 Å². The number of benzene rings is 2. The molecule has 32 heavy (non-hydrogen) atoms. The summed E-state index contributed by atoms with van der Waals surface area (Å²) in [5.41, 5.74) is 7.78. The second-order valence-corrected chi connectivity index (χ2v) is 7.84. The van der Waals surface area contributed by atoms with Crippen molar-refractivity contribution in [1.82, 2.24) is 0 Å². The van der Waals surface area contributed by atoms with Crippen LogP contribution >= 0.6 is 0 Å². The van der Waals surface area contributed by atoms with Gasteiger partial charge in [-0.05, 0) is 53.7 Å². The molecule has 2 atom stereocenters. The Hall–Kier alpha value is -4.32. The van der Waals surface area contributed by atoms with Crippen LogP contribution in [-0.2, 0) is 4.79 Å². The van der Waals surface area contributed by atoms with Crippen LogP contribution in [0.5, 0.6) is 0 Å². The van der Waals surface area contributed by atoms with Gasteiger partial charge in [0.15, 0.2) is 5.41 Å². The number of amides is 1. The first-order valence-electron chi connectivity index (χ1n) is 9.94. The van der Waals surface area contributed by atoms with Crippen molar-refractivity contribution < 1.29 is 14.6 Å². The number of nitrogens with two attached hydrogens (primary N) is 1. The number of nitro benzene ring substituents is 2. The molecule has 0 aromatic heterocycles. The molecule has 2 N–H and O–H groups in total. The summed E-state index contributed by atoms with van der Waals surface area (Å²) in [6.07, 6.45) is 3.96. The minimum absolute atomic E-state index is 0.0268. The third-order valence-corrected chi connectivity index (χ3v) is 6.16. The first-order chi connectivity index (χ1) is 15.3. The van der Waals surface area contributed by atoms with Crippen LogP contribution in [-0.4, -0.2) is 15.8 Å². The smallest absolute Gasteiger partial charge is 0.269 e. The molecule has 0 fully saturated rings. The van der Waals surface area contributed by atoms with E-state index in [2.05, 4.69) is 6.07 Å². The van der Waals surface area contributed by atoms with E-state index in [9.17, 15) is 30.3 Å². The number of hydrogen-bond acceptors (Lipinski definition) is 6. The van der Waals surface area contributed by atoms with Crippen LogP contribution in [0.3, 0.4) is 0 Å². The van der Waals surface area contributed by atoms with E-state index >= 15 is 0 Å². The summed E-state index contributed by atoms with van der Waals surface area (Å²) in [5, 5.41) is 32.0. The highest BCUT2D eigenvalue weighted by Gasteiger charge is 2.60. The highest BCUT2D eigenvalue weighted by molar-refractivity contribution is 5.95. The maximum Gasteiger partial charge on any atom is 0.269 e. The zero-order chi connectivity index (χ0) is 23.0. The number of rotatable bonds is 5. The van der Waals surface area contributed by atoms with Crippen molar-refractivity contribution in [1.29, 1.82) is 5.26 Å². The molecule has 0 saturated carbocycles. The summed E-state index contributed by atoms with van der Waals surface area (Å²) >= 11 is 0. The predicted molar refractivity (Wildman–Crippen MR) is 115 cm³/mol. The third kappa shape index (κ3) is 3.13. The molecule has 2 aromatic rings. The molecule has 0 saturated heterocycles. The Morgan fingerprint density at radius 2 is 1.59 bits per heavy atom. The quantitative estimate of drug-likeness (QED) is 0.555. The molecule has 0 bridgehead atoms. The van der Waals surface area contributed by atoms with E-state index in [1.807, 2.05) is 6.08 Å². The number of non-ortho nitro benzene ring substituents is 2. The van der Waals surface area contributed by atoms with Gasteiger partial charge in [0.2, 0.25) is 5.91 Å². The molecule has 2 aromatic carbocycles. The first-order valence-corrected chi connectivity index (χ1v) is 9.94. The minimum Gasteiger partial charge on any atom is -0.368 e. The summed E-state index contributed by atoms with van der Waals surface area (Å²) in [6.45, 7) is 0. The molecule has 160 valence electrons. The maximum absolute atomic E-state index is 12.6. The maximum atomic E-state index is 12.6. The molecule has 2 aliphatic rings. The topological polar surface area (TPSA) is 153 Å². The molecular weight excluding hydrogens is 412 g/mol. The van der Waals surface area contributed by atoms with Gasteiger partial charge < -0.3 is 5.73 Å². The fraction of sp³-hybridized carbons (Fsp3) is 0.217. The minimum atomic E-state index is -1.57. The second-order valence-electron chi connectivity index (χ2n) is 7.84. The van der Waals surface area contributed by atoms with Crippen LogP contribution in [0, 0.1) is 37.0 Å². The number of primary amides is 1. The van der Waals surface area contributed by atoms with Gasteiger partial charge in [-0.1, -0.05) is 23.8 Å². The lowest BCUT2D eigenvalue weighted by Gasteiger charge is -2.50. The second kappa shape index (κ2) is 7.74. The van der Waals surface area contributed by atoms with E-state index in [0.717, 1.165) is 23.1 Å². The number of carbonyl (C=O) groups is 1. The van der Waals surface area contributed by atoms with E-state index in [-0.39, 0.29) is 11.4 Å². The Bertz CT molecular complexity index is 1240. The van der Waals surface area contributed by atoms with Gasteiger partial charge in [0.05, 0.1) is 15.9 Å². The van der Waals surface area contributed by atoms with E-state index in [1.54, 1.807) is 24.3 Å². The zero-order valence-corrected chi connectivity index (χ0v) is 16.9. The summed E-state index contributed by atoms with van der Waals surface area (Å²) in [7, 11) is 0. The Balaban J connectivity index is 1.81. The summed E-state index contributed by atoms with van der Waals surface area (Å²) in [4.78, 5) is 33.5. The average molecular weight is 430 g/mol. The highest BCUT2D eigenvalue weighted by atomic mass is 16.6. The van der Waals surface area contributed by atoms with Crippen LogP contribution in [0.2, 0.25) is 0 Å². The van der Waals surface area contributed by atoms with Crippen molar-refractivity contribution in [3.05, 3.63) is 96.6 Å². The van der Waals surface area contributed by atoms with Crippen LogP contribution in [0.4, 0.5) is 11.4 Å². The molecule has 4 rings (SSSR count). The van der Waals surface area contributed by atoms with E-state index in [1.165, 1.54) is 24.3 Å². The molecule has 2 aliphatic carbocycles. The van der Waals surface area contributed by atoms with Gasteiger partial charge in [-0.2, -0.15) is 5.26 Å². The largest absolute Gasteiger partial charge is 0.368 e. The molecule has 0 radical (unpaired) electrons. The lowest BCUT2D eigenvalue weighted by atomic mass is 9.49. The number of hydrogen-bond donors (Lipinski definition) is 1. The van der Waals surface area contributed by atoms with Crippen molar-refractivity contribution in [2.24, 2.45) is 11.1 Å². The number of carbonyl (C=O) groups excluding carboxylic acids is 1. The third-order valence-electron chi connectivity index (χ3n) is 6.16. The molecule has 0 heterocycles. The Morgan fingerprint density at radius 1 is 1.03 bits per heavy atom. The van der Waals surface area contributed by atoms with Gasteiger partial charge in [-0.25, -0.2) is 0 Å². The SMILES string of the molecule is N#CC1(C(N)=O)C2=C(CCC/C2=C\c2ccc([N+](=O)[O-])cc2)C1c1ccc([N+](=O)[O-])cc1. The molecule has 1 amide bonds. The van der Waals surface area contributed by atoms with Crippen molar-refractivity contribution in [2.75, 3.05) is 0 Å². The van der Waals surface area contributed by atoms with Crippen molar-refractivity contribution in [3.63, 3.8) is 0 Å². The summed E-state index contributed by atoms with van der Waals surface area (Å²) < 4.78 is 0. The van der Waals surface area contributed by atoms with E-state index in [4.69, 9.17) is 5.73 Å². The van der Waals surface area contributed by atoms with Crippen LogP contribution in [0.1, 0.15) is 36.3 Å². The molecular formula is C23H18N4O5. The van der Waals surface area contributed by atoms with Gasteiger partial charge in [-0.3, -0.25) is 25.0 Å². The standard InChI is InChI=1S/C23H18N4O5/c24-13-23(22(25)28)20(15-6-10-18(11-7-15)27(31)32)19-3-1-2-16(21(19)23)12-14-4-8-17(9-5-14)26(29)30/h4-12,20H,1-3H2,(H2,25,28)/b16-12+. The monoisotopic (exact) mass is 430 g/mol. The molecule has 2 unspecified atom stereocenters. The molecule has 0 spiro atoms. The predicted octanol–water partition coefficient (Wildman–Crippen LogP) is 4.16. The number of nitro groups is 2. The van der Waals surface area contributed by atoms with E-state index in [0.29, 0.717) is 24.0 Å². The van der Waals surface area contributed by atoms with Gasteiger partial charge in [-0.15, -0.1) is 0 Å². The Kier molecular flexibility index (Phi) is 5.06. The van der Waals surface area contributed by atoms with Crippen molar-refractivity contribution >= 4 is 23.4 Å². The van der Waals surface area contributed by atoms with Crippen LogP contribution < -0.4 is 5.73 Å². The summed E-state index contributed by atoms with van der Waals surface area (Å²) in [5.74, 6) is -1.33. The number of nitrogens with zero attached hydrogens (tertiary/aromatic N) is 3. The van der Waals surface area contributed by atoms with Gasteiger partial charge in [0, 0.05) is 30.2 Å². The van der Waals surface area contributed by atoms with Crippen LogP contribution in [0.15, 0.2) is 65.3 Å². The number of nitriles is 1. The van der Waals surface area contributed by atoms with E-state index < -0.39 is 27.1 Å². The van der Waals surface area contributed by atoms with Gasteiger partial charge in [0.1, 0.15) is 0 Å². The molecule has 0 aliphatic heterocycles. The average Bonchev–Trinajstić information content (AvgIpc) is 2.76. The lowest BCUT2D eigenvalue weighted by molar-refractivity contribution is -0.385. The van der Waals surface area contributed by atoms with Gasteiger partial charge >= 0.3 is 0 Å². The van der Waals surface area contributed by atoms with Crippen molar-refractivity contribution in [3.8, 4) is 6.07 Å². The fourth-order valence-corrected chi connectivity index (χ4v) is 4.77. The Morgan fingerprint density at radius 3 is 2.09 bits per heavy atom. The first kappa shape index (κ1) is 20.9. The molecule has 9 nitrogen and oxygen atoms in total.